The van der Waals surface area contributed by atoms with Crippen LogP contribution in [0.25, 0.3) is 11.3 Å². The molecular weight excluding hydrogens is 360 g/mol. The van der Waals surface area contributed by atoms with Gasteiger partial charge in [-0.1, -0.05) is 37.3 Å². The first kappa shape index (κ1) is 19.1. The Morgan fingerprint density at radius 3 is 2.52 bits per heavy atom. The fourth-order valence-electron chi connectivity index (χ4n) is 2.89. The van der Waals surface area contributed by atoms with E-state index in [1.807, 2.05) is 36.0 Å². The topological polar surface area (TPSA) is 76.0 Å². The van der Waals surface area contributed by atoms with Crippen LogP contribution in [0.15, 0.2) is 66.0 Å². The summed E-state index contributed by atoms with van der Waals surface area (Å²) in [4.78, 5) is 4.60. The van der Waals surface area contributed by atoms with Crippen LogP contribution >= 0.6 is 0 Å². The molecule has 3 aromatic rings. The number of imidazole rings is 1. The third-order valence-electron chi connectivity index (χ3n) is 4.52. The molecule has 0 aliphatic rings. The molecule has 1 heterocycles. The number of aromatic nitrogens is 2. The molecule has 0 bridgehead atoms. The number of nitrogens with one attached hydrogen (secondary N) is 2. The maximum Gasteiger partial charge on any atom is 0.240 e. The summed E-state index contributed by atoms with van der Waals surface area (Å²) in [5.74, 6) is 0.309. The van der Waals surface area contributed by atoms with Gasteiger partial charge in [0, 0.05) is 31.0 Å². The third kappa shape index (κ3) is 4.37. The Morgan fingerprint density at radius 2 is 1.89 bits per heavy atom. The van der Waals surface area contributed by atoms with Crippen molar-refractivity contribution in [3.8, 4) is 11.3 Å². The Kier molecular flexibility index (Phi) is 5.62. The molecule has 1 unspecified atom stereocenters. The molecule has 3 rings (SSSR count). The van der Waals surface area contributed by atoms with Crippen molar-refractivity contribution in [1.29, 1.82) is 0 Å². The van der Waals surface area contributed by atoms with Gasteiger partial charge in [0.15, 0.2) is 0 Å². The van der Waals surface area contributed by atoms with E-state index in [9.17, 15) is 8.42 Å². The minimum atomic E-state index is -3.53. The van der Waals surface area contributed by atoms with Crippen LogP contribution in [-0.4, -0.2) is 31.6 Å². The van der Waals surface area contributed by atoms with Crippen LogP contribution in [-0.2, 0) is 17.1 Å². The molecule has 0 spiro atoms. The van der Waals surface area contributed by atoms with Crippen molar-refractivity contribution in [3.63, 3.8) is 0 Å². The van der Waals surface area contributed by atoms with Crippen LogP contribution in [0.5, 0.6) is 0 Å². The SMILES string of the molecule is CNS(=O)(=O)c1ccc(NCC(C)c2ccccc2)c(-c2cn(C)cn2)c1. The van der Waals surface area contributed by atoms with E-state index in [1.165, 1.54) is 12.6 Å². The molecule has 0 amide bonds. The summed E-state index contributed by atoms with van der Waals surface area (Å²) in [6.45, 7) is 2.88. The van der Waals surface area contributed by atoms with Crippen LogP contribution in [0, 0.1) is 0 Å². The van der Waals surface area contributed by atoms with Gasteiger partial charge in [0.1, 0.15) is 0 Å². The van der Waals surface area contributed by atoms with E-state index in [0.29, 0.717) is 5.92 Å². The Labute approximate surface area is 160 Å². The summed E-state index contributed by atoms with van der Waals surface area (Å²) < 4.78 is 28.6. The Bertz CT molecular complexity index is 1010. The monoisotopic (exact) mass is 384 g/mol. The lowest BCUT2D eigenvalue weighted by Gasteiger charge is -2.17. The maximum absolute atomic E-state index is 12.2. The fourth-order valence-corrected chi connectivity index (χ4v) is 3.64. The van der Waals surface area contributed by atoms with E-state index in [4.69, 9.17) is 0 Å². The number of hydrogen-bond donors (Lipinski definition) is 2. The number of hydrogen-bond acceptors (Lipinski definition) is 4. The van der Waals surface area contributed by atoms with Gasteiger partial charge in [0.2, 0.25) is 10.0 Å². The first-order valence-corrected chi connectivity index (χ1v) is 10.2. The summed E-state index contributed by atoms with van der Waals surface area (Å²) in [6, 6.07) is 15.3. The maximum atomic E-state index is 12.2. The highest BCUT2D eigenvalue weighted by Gasteiger charge is 2.17. The smallest absolute Gasteiger partial charge is 0.240 e. The predicted octanol–water partition coefficient (Wildman–Crippen LogP) is 3.21. The minimum Gasteiger partial charge on any atom is -0.384 e. The molecule has 0 aliphatic heterocycles. The summed E-state index contributed by atoms with van der Waals surface area (Å²) in [5, 5.41) is 3.45. The van der Waals surface area contributed by atoms with Crippen molar-refractivity contribution in [2.45, 2.75) is 17.7 Å². The average molecular weight is 385 g/mol. The van der Waals surface area contributed by atoms with Crippen LogP contribution in [0.3, 0.4) is 0 Å². The van der Waals surface area contributed by atoms with Gasteiger partial charge in [0.25, 0.3) is 0 Å². The zero-order valence-electron chi connectivity index (χ0n) is 15.7. The van der Waals surface area contributed by atoms with Crippen LogP contribution in [0.4, 0.5) is 5.69 Å². The summed E-state index contributed by atoms with van der Waals surface area (Å²) >= 11 is 0. The molecule has 27 heavy (non-hydrogen) atoms. The highest BCUT2D eigenvalue weighted by molar-refractivity contribution is 7.89. The lowest BCUT2D eigenvalue weighted by Crippen LogP contribution is -2.19. The molecule has 2 N–H and O–H groups in total. The molecule has 7 heteroatoms. The Morgan fingerprint density at radius 1 is 1.15 bits per heavy atom. The molecule has 1 atom stereocenters. The molecule has 0 radical (unpaired) electrons. The highest BCUT2D eigenvalue weighted by Crippen LogP contribution is 2.30. The van der Waals surface area contributed by atoms with Crippen LogP contribution < -0.4 is 10.0 Å². The van der Waals surface area contributed by atoms with Crippen molar-refractivity contribution in [3.05, 3.63) is 66.6 Å². The zero-order valence-corrected chi connectivity index (χ0v) is 16.5. The van der Waals surface area contributed by atoms with E-state index in [2.05, 4.69) is 34.1 Å². The van der Waals surface area contributed by atoms with E-state index in [0.717, 1.165) is 23.5 Å². The number of rotatable bonds is 7. The van der Waals surface area contributed by atoms with Crippen molar-refractivity contribution in [2.24, 2.45) is 7.05 Å². The third-order valence-corrected chi connectivity index (χ3v) is 5.93. The number of benzene rings is 2. The van der Waals surface area contributed by atoms with E-state index in [-0.39, 0.29) is 4.90 Å². The van der Waals surface area contributed by atoms with Crippen LogP contribution in [0.2, 0.25) is 0 Å². The second-order valence-corrected chi connectivity index (χ2v) is 8.42. The van der Waals surface area contributed by atoms with E-state index in [1.54, 1.807) is 24.5 Å². The van der Waals surface area contributed by atoms with Crippen LogP contribution in [0.1, 0.15) is 18.4 Å². The van der Waals surface area contributed by atoms with Gasteiger partial charge in [0.05, 0.1) is 16.9 Å². The van der Waals surface area contributed by atoms with Crippen molar-refractivity contribution in [2.75, 3.05) is 18.9 Å². The van der Waals surface area contributed by atoms with E-state index >= 15 is 0 Å². The minimum absolute atomic E-state index is 0.215. The van der Waals surface area contributed by atoms with Gasteiger partial charge in [-0.25, -0.2) is 18.1 Å². The summed E-state index contributed by atoms with van der Waals surface area (Å²) in [7, 11) is -0.235. The summed E-state index contributed by atoms with van der Waals surface area (Å²) in [6.07, 6.45) is 3.57. The van der Waals surface area contributed by atoms with Gasteiger partial charge in [-0.2, -0.15) is 0 Å². The Hall–Kier alpha value is -2.64. The standard InChI is InChI=1S/C20H24N4O2S/c1-15(16-7-5-4-6-8-16)12-22-19-10-9-17(27(25,26)21-2)11-18(19)20-13-24(3)14-23-20/h4-11,13-15,21-22H,12H2,1-3H3. The molecule has 1 aromatic heterocycles. The lowest BCUT2D eigenvalue weighted by atomic mass is 10.0. The lowest BCUT2D eigenvalue weighted by molar-refractivity contribution is 0.588. The fraction of sp³-hybridized carbons (Fsp3) is 0.250. The second kappa shape index (κ2) is 7.94. The molecule has 142 valence electrons. The van der Waals surface area contributed by atoms with Gasteiger partial charge in [-0.3, -0.25) is 0 Å². The number of nitrogens with zero attached hydrogens (tertiary/aromatic N) is 2. The summed E-state index contributed by atoms with van der Waals surface area (Å²) in [5.41, 5.74) is 3.58. The number of sulfonamides is 1. The van der Waals surface area contributed by atoms with Gasteiger partial charge >= 0.3 is 0 Å². The zero-order chi connectivity index (χ0) is 19.4. The molecule has 0 saturated heterocycles. The molecular formula is C20H24N4O2S. The van der Waals surface area contributed by atoms with Gasteiger partial charge in [-0.15, -0.1) is 0 Å². The molecule has 0 saturated carbocycles. The molecule has 2 aromatic carbocycles. The molecule has 6 nitrogen and oxygen atoms in total. The highest BCUT2D eigenvalue weighted by atomic mass is 32.2. The van der Waals surface area contributed by atoms with Gasteiger partial charge < -0.3 is 9.88 Å². The molecule has 0 fully saturated rings. The van der Waals surface area contributed by atoms with Crippen molar-refractivity contribution in [1.82, 2.24) is 14.3 Å². The average Bonchev–Trinajstić information content (AvgIpc) is 3.12. The first-order valence-electron chi connectivity index (χ1n) is 8.75. The van der Waals surface area contributed by atoms with Gasteiger partial charge in [-0.05, 0) is 36.7 Å². The first-order chi connectivity index (χ1) is 12.9. The van der Waals surface area contributed by atoms with Crippen molar-refractivity contribution >= 4 is 15.7 Å². The molecule has 0 aliphatic carbocycles. The number of anilines is 1. The second-order valence-electron chi connectivity index (χ2n) is 6.53. The Balaban J connectivity index is 1.92. The van der Waals surface area contributed by atoms with E-state index < -0.39 is 10.0 Å². The predicted molar refractivity (Wildman–Crippen MR) is 108 cm³/mol. The normalized spacial score (nSPS) is 12.7. The quantitative estimate of drug-likeness (QED) is 0.656. The largest absolute Gasteiger partial charge is 0.384 e. The number of aryl methyl sites for hydroxylation is 1. The van der Waals surface area contributed by atoms with Crippen molar-refractivity contribution < 1.29 is 8.42 Å².